The molecule has 0 spiro atoms. The molecule has 0 saturated carbocycles. The molecule has 0 aromatic heterocycles. The normalized spacial score (nSPS) is 17.2. The zero-order chi connectivity index (χ0) is 12.4. The third kappa shape index (κ3) is 3.06. The van der Waals surface area contributed by atoms with E-state index >= 15 is 0 Å². The van der Waals surface area contributed by atoms with Crippen molar-refractivity contribution in [3.8, 4) is 0 Å². The van der Waals surface area contributed by atoms with Crippen LogP contribution in [0.5, 0.6) is 0 Å². The molecule has 17 heavy (non-hydrogen) atoms. The van der Waals surface area contributed by atoms with Crippen LogP contribution in [-0.4, -0.2) is 43.0 Å². The van der Waals surface area contributed by atoms with Gasteiger partial charge in [-0.3, -0.25) is 10.1 Å². The van der Waals surface area contributed by atoms with E-state index in [1.165, 1.54) is 0 Å². The first-order chi connectivity index (χ1) is 8.06. The summed E-state index contributed by atoms with van der Waals surface area (Å²) < 4.78 is 0.908. The SMILES string of the molecule is CN1CCN(c2cc(I)cc([N+](=O)[O-])c2)CC1. The van der Waals surface area contributed by atoms with Gasteiger partial charge in [0.2, 0.25) is 0 Å². The maximum atomic E-state index is 10.8. The number of hydrogen-bond donors (Lipinski definition) is 0. The summed E-state index contributed by atoms with van der Waals surface area (Å²) in [6.45, 7) is 3.85. The van der Waals surface area contributed by atoms with Crippen molar-refractivity contribution in [2.75, 3.05) is 38.1 Å². The van der Waals surface area contributed by atoms with Crippen molar-refractivity contribution in [3.05, 3.63) is 31.9 Å². The number of nitrogens with zero attached hydrogens (tertiary/aromatic N) is 3. The zero-order valence-corrected chi connectivity index (χ0v) is 11.8. The molecule has 0 atom stereocenters. The van der Waals surface area contributed by atoms with E-state index in [4.69, 9.17) is 0 Å². The standard InChI is InChI=1S/C11H14IN3O2/c1-13-2-4-14(5-3-13)10-6-9(12)7-11(8-10)15(16)17/h6-8H,2-5H2,1H3. The van der Waals surface area contributed by atoms with Gasteiger partial charge >= 0.3 is 0 Å². The number of nitro benzene ring substituents is 1. The fourth-order valence-corrected chi connectivity index (χ4v) is 2.55. The van der Waals surface area contributed by atoms with Crippen molar-refractivity contribution in [2.45, 2.75) is 0 Å². The fraction of sp³-hybridized carbons (Fsp3) is 0.455. The summed E-state index contributed by atoms with van der Waals surface area (Å²) in [5.74, 6) is 0. The molecule has 1 fully saturated rings. The van der Waals surface area contributed by atoms with Gasteiger partial charge in [-0.2, -0.15) is 0 Å². The highest BCUT2D eigenvalue weighted by Gasteiger charge is 2.17. The van der Waals surface area contributed by atoms with Crippen molar-refractivity contribution in [1.82, 2.24) is 4.90 Å². The molecule has 6 heteroatoms. The highest BCUT2D eigenvalue weighted by molar-refractivity contribution is 14.1. The number of rotatable bonds is 2. The molecule has 2 rings (SSSR count). The summed E-state index contributed by atoms with van der Waals surface area (Å²) in [6.07, 6.45) is 0. The molecule has 0 bridgehead atoms. The van der Waals surface area contributed by atoms with Gasteiger partial charge in [-0.15, -0.1) is 0 Å². The second-order valence-electron chi connectivity index (χ2n) is 4.22. The molecule has 1 aliphatic rings. The summed E-state index contributed by atoms with van der Waals surface area (Å²) in [5.41, 5.74) is 1.13. The highest BCUT2D eigenvalue weighted by atomic mass is 127. The number of non-ortho nitro benzene ring substituents is 1. The lowest BCUT2D eigenvalue weighted by molar-refractivity contribution is -0.384. The number of piperazine rings is 1. The lowest BCUT2D eigenvalue weighted by Crippen LogP contribution is -2.44. The third-order valence-electron chi connectivity index (χ3n) is 2.95. The maximum Gasteiger partial charge on any atom is 0.272 e. The average molecular weight is 347 g/mol. The molecular weight excluding hydrogens is 333 g/mol. The number of likely N-dealkylation sites (N-methyl/N-ethyl adjacent to an activating group) is 1. The van der Waals surface area contributed by atoms with Crippen LogP contribution >= 0.6 is 22.6 Å². The van der Waals surface area contributed by atoms with Crippen molar-refractivity contribution in [2.24, 2.45) is 0 Å². The molecule has 0 amide bonds. The Kier molecular flexibility index (Phi) is 3.82. The van der Waals surface area contributed by atoms with Crippen molar-refractivity contribution < 1.29 is 4.92 Å². The van der Waals surface area contributed by atoms with Crippen LogP contribution in [0.2, 0.25) is 0 Å². The molecule has 0 radical (unpaired) electrons. The molecular formula is C11H14IN3O2. The van der Waals surface area contributed by atoms with Crippen LogP contribution in [0.15, 0.2) is 18.2 Å². The molecule has 1 aliphatic heterocycles. The molecule has 1 aromatic carbocycles. The van der Waals surface area contributed by atoms with Crippen LogP contribution in [-0.2, 0) is 0 Å². The Labute approximate surface area is 114 Å². The molecule has 0 aliphatic carbocycles. The van der Waals surface area contributed by atoms with Gasteiger partial charge in [0.25, 0.3) is 5.69 Å². The van der Waals surface area contributed by atoms with E-state index in [9.17, 15) is 10.1 Å². The van der Waals surface area contributed by atoms with E-state index < -0.39 is 0 Å². The summed E-state index contributed by atoms with van der Waals surface area (Å²) in [5, 5.41) is 10.8. The largest absolute Gasteiger partial charge is 0.369 e. The van der Waals surface area contributed by atoms with E-state index in [2.05, 4.69) is 39.4 Å². The van der Waals surface area contributed by atoms with Gasteiger partial charge in [-0.05, 0) is 35.7 Å². The van der Waals surface area contributed by atoms with E-state index in [1.807, 2.05) is 6.07 Å². The molecule has 0 unspecified atom stereocenters. The zero-order valence-electron chi connectivity index (χ0n) is 9.60. The Morgan fingerprint density at radius 1 is 1.24 bits per heavy atom. The minimum absolute atomic E-state index is 0.172. The van der Waals surface area contributed by atoms with Crippen LogP contribution in [0.25, 0.3) is 0 Å². The first-order valence-corrected chi connectivity index (χ1v) is 6.52. The Morgan fingerprint density at radius 2 is 1.88 bits per heavy atom. The smallest absolute Gasteiger partial charge is 0.272 e. The van der Waals surface area contributed by atoms with Crippen LogP contribution in [0, 0.1) is 13.7 Å². The van der Waals surface area contributed by atoms with Crippen LogP contribution in [0.3, 0.4) is 0 Å². The van der Waals surface area contributed by atoms with Crippen LogP contribution in [0.4, 0.5) is 11.4 Å². The van der Waals surface area contributed by atoms with Gasteiger partial charge in [-0.25, -0.2) is 0 Å². The minimum Gasteiger partial charge on any atom is -0.369 e. The van der Waals surface area contributed by atoms with Crippen molar-refractivity contribution >= 4 is 34.0 Å². The molecule has 92 valence electrons. The van der Waals surface area contributed by atoms with Crippen molar-refractivity contribution in [1.29, 1.82) is 0 Å². The van der Waals surface area contributed by atoms with E-state index in [0.29, 0.717) is 0 Å². The van der Waals surface area contributed by atoms with Crippen LogP contribution < -0.4 is 4.90 Å². The monoisotopic (exact) mass is 347 g/mol. The number of anilines is 1. The molecule has 5 nitrogen and oxygen atoms in total. The van der Waals surface area contributed by atoms with Gasteiger partial charge < -0.3 is 9.80 Å². The Balaban J connectivity index is 2.23. The second-order valence-corrected chi connectivity index (χ2v) is 5.46. The molecule has 1 aromatic rings. The highest BCUT2D eigenvalue weighted by Crippen LogP contribution is 2.25. The van der Waals surface area contributed by atoms with Crippen molar-refractivity contribution in [3.63, 3.8) is 0 Å². The summed E-state index contributed by atoms with van der Waals surface area (Å²) >= 11 is 2.12. The predicted molar refractivity (Wildman–Crippen MR) is 75.5 cm³/mol. The number of nitro groups is 1. The Hall–Kier alpha value is -0.890. The van der Waals surface area contributed by atoms with Gasteiger partial charge in [-0.1, -0.05) is 0 Å². The first kappa shape index (κ1) is 12.6. The fourth-order valence-electron chi connectivity index (χ4n) is 1.91. The lowest BCUT2D eigenvalue weighted by Gasteiger charge is -2.34. The number of halogens is 1. The van der Waals surface area contributed by atoms with E-state index in [-0.39, 0.29) is 10.6 Å². The van der Waals surface area contributed by atoms with Crippen LogP contribution in [0.1, 0.15) is 0 Å². The first-order valence-electron chi connectivity index (χ1n) is 5.45. The third-order valence-corrected chi connectivity index (χ3v) is 3.57. The van der Waals surface area contributed by atoms with Gasteiger partial charge in [0.05, 0.1) is 4.92 Å². The van der Waals surface area contributed by atoms with Gasteiger partial charge in [0, 0.05) is 47.6 Å². The maximum absolute atomic E-state index is 10.8. The second kappa shape index (κ2) is 5.18. The minimum atomic E-state index is -0.332. The Bertz CT molecular complexity index is 431. The van der Waals surface area contributed by atoms with E-state index in [1.54, 1.807) is 12.1 Å². The van der Waals surface area contributed by atoms with Gasteiger partial charge in [0.15, 0.2) is 0 Å². The molecule has 1 heterocycles. The summed E-state index contributed by atoms with van der Waals surface area (Å²) in [6, 6.07) is 5.26. The van der Waals surface area contributed by atoms with Gasteiger partial charge in [0.1, 0.15) is 0 Å². The predicted octanol–water partition coefficient (Wildman–Crippen LogP) is 1.95. The Morgan fingerprint density at radius 3 is 2.47 bits per heavy atom. The van der Waals surface area contributed by atoms with E-state index in [0.717, 1.165) is 35.4 Å². The molecule has 0 N–H and O–H groups in total. The quantitative estimate of drug-likeness (QED) is 0.466. The summed E-state index contributed by atoms with van der Waals surface area (Å²) in [4.78, 5) is 15.0. The molecule has 1 saturated heterocycles. The average Bonchev–Trinajstić information content (AvgIpc) is 2.29. The lowest BCUT2D eigenvalue weighted by atomic mass is 10.2. The topological polar surface area (TPSA) is 49.6 Å². The number of hydrogen-bond acceptors (Lipinski definition) is 4. The number of benzene rings is 1. The summed E-state index contributed by atoms with van der Waals surface area (Å²) in [7, 11) is 2.09.